The van der Waals surface area contributed by atoms with Crippen molar-refractivity contribution in [1.82, 2.24) is 15.5 Å². The standard InChI is InChI=1S/C24H28FN3O3/c1-15(2)31-20-9-4-6-17(10-20)13-28-14-21(18-7-5-8-19(25)11-18)24(12-16(28)3)22(29)26-23(30)27-24/h4-11,15-16,21H,12-14H2,1-3H3,(H2,26,27,29,30). The number of piperidine rings is 1. The van der Waals surface area contributed by atoms with Crippen LogP contribution in [0, 0.1) is 5.82 Å². The first-order valence-corrected chi connectivity index (χ1v) is 10.7. The number of urea groups is 1. The second-order valence-corrected chi connectivity index (χ2v) is 8.78. The van der Waals surface area contributed by atoms with Crippen LogP contribution in [0.15, 0.2) is 48.5 Å². The lowest BCUT2D eigenvalue weighted by molar-refractivity contribution is -0.127. The molecule has 2 aliphatic rings. The summed E-state index contributed by atoms with van der Waals surface area (Å²) in [5, 5.41) is 5.25. The third-order valence-corrected chi connectivity index (χ3v) is 6.13. The molecule has 3 amide bonds. The minimum atomic E-state index is -1.08. The molecule has 2 aromatic carbocycles. The maximum Gasteiger partial charge on any atom is 0.322 e. The Hall–Kier alpha value is -2.93. The minimum absolute atomic E-state index is 0.0311. The highest BCUT2D eigenvalue weighted by Crippen LogP contribution is 2.41. The predicted molar refractivity (Wildman–Crippen MR) is 115 cm³/mol. The molecule has 2 N–H and O–H groups in total. The molecule has 2 aromatic rings. The lowest BCUT2D eigenvalue weighted by Crippen LogP contribution is -2.62. The van der Waals surface area contributed by atoms with Crippen LogP contribution in [0.3, 0.4) is 0 Å². The van der Waals surface area contributed by atoms with Gasteiger partial charge in [-0.2, -0.15) is 0 Å². The fourth-order valence-electron chi connectivity index (χ4n) is 4.76. The maximum absolute atomic E-state index is 14.0. The molecule has 6 nitrogen and oxygen atoms in total. The molecule has 0 aromatic heterocycles. The van der Waals surface area contributed by atoms with Crippen LogP contribution in [0.1, 0.15) is 44.2 Å². The smallest absolute Gasteiger partial charge is 0.322 e. The number of nitrogens with zero attached hydrogens (tertiary/aromatic N) is 1. The van der Waals surface area contributed by atoms with Gasteiger partial charge in [0, 0.05) is 25.0 Å². The zero-order valence-electron chi connectivity index (χ0n) is 18.0. The number of rotatable bonds is 5. The van der Waals surface area contributed by atoms with Crippen molar-refractivity contribution in [2.75, 3.05) is 6.54 Å². The highest BCUT2D eigenvalue weighted by Gasteiger charge is 2.56. The second kappa shape index (κ2) is 8.30. The highest BCUT2D eigenvalue weighted by molar-refractivity contribution is 6.07. The molecule has 2 heterocycles. The third kappa shape index (κ3) is 4.28. The topological polar surface area (TPSA) is 70.7 Å². The number of imide groups is 1. The van der Waals surface area contributed by atoms with Crippen LogP contribution < -0.4 is 15.4 Å². The Kier molecular flexibility index (Phi) is 5.71. The van der Waals surface area contributed by atoms with Crippen molar-refractivity contribution in [3.05, 3.63) is 65.5 Å². The number of halogens is 1. The molecule has 4 rings (SSSR count). The van der Waals surface area contributed by atoms with Gasteiger partial charge in [-0.1, -0.05) is 24.3 Å². The van der Waals surface area contributed by atoms with Gasteiger partial charge in [0.15, 0.2) is 0 Å². The van der Waals surface area contributed by atoms with Gasteiger partial charge in [-0.3, -0.25) is 15.0 Å². The number of ether oxygens (including phenoxy) is 1. The van der Waals surface area contributed by atoms with Gasteiger partial charge in [0.2, 0.25) is 0 Å². The molecule has 1 spiro atoms. The number of carbonyl (C=O) groups excluding carboxylic acids is 2. The van der Waals surface area contributed by atoms with Crippen LogP contribution >= 0.6 is 0 Å². The zero-order valence-corrected chi connectivity index (χ0v) is 18.0. The van der Waals surface area contributed by atoms with Gasteiger partial charge in [0.25, 0.3) is 5.91 Å². The predicted octanol–water partition coefficient (Wildman–Crippen LogP) is 3.57. The Morgan fingerprint density at radius 1 is 1.19 bits per heavy atom. The zero-order chi connectivity index (χ0) is 22.2. The van der Waals surface area contributed by atoms with Gasteiger partial charge in [0.05, 0.1) is 6.10 Å². The summed E-state index contributed by atoms with van der Waals surface area (Å²) in [6.45, 7) is 7.20. The Morgan fingerprint density at radius 2 is 1.97 bits per heavy atom. The lowest BCUT2D eigenvalue weighted by Gasteiger charge is -2.47. The van der Waals surface area contributed by atoms with E-state index in [9.17, 15) is 14.0 Å². The van der Waals surface area contributed by atoms with Gasteiger partial charge in [-0.25, -0.2) is 9.18 Å². The highest BCUT2D eigenvalue weighted by atomic mass is 19.1. The average Bonchev–Trinajstić information content (AvgIpc) is 2.97. The minimum Gasteiger partial charge on any atom is -0.491 e. The van der Waals surface area contributed by atoms with Crippen LogP contribution in [0.4, 0.5) is 9.18 Å². The van der Waals surface area contributed by atoms with Crippen LogP contribution in [0.25, 0.3) is 0 Å². The molecule has 0 radical (unpaired) electrons. The van der Waals surface area contributed by atoms with E-state index in [1.54, 1.807) is 6.07 Å². The summed E-state index contributed by atoms with van der Waals surface area (Å²) < 4.78 is 19.8. The number of benzene rings is 2. The molecular formula is C24H28FN3O3. The number of nitrogens with one attached hydrogen (secondary N) is 2. The summed E-state index contributed by atoms with van der Waals surface area (Å²) in [4.78, 5) is 27.2. The molecular weight excluding hydrogens is 397 g/mol. The van der Waals surface area contributed by atoms with Crippen molar-refractivity contribution in [2.45, 2.75) is 57.3 Å². The first kappa shape index (κ1) is 21.3. The van der Waals surface area contributed by atoms with Gasteiger partial charge in [0.1, 0.15) is 17.1 Å². The van der Waals surface area contributed by atoms with Crippen molar-refractivity contribution in [3.63, 3.8) is 0 Å². The fraction of sp³-hybridized carbons (Fsp3) is 0.417. The average molecular weight is 426 g/mol. The molecule has 2 fully saturated rings. The molecule has 31 heavy (non-hydrogen) atoms. The second-order valence-electron chi connectivity index (χ2n) is 8.78. The summed E-state index contributed by atoms with van der Waals surface area (Å²) in [5.74, 6) is -0.259. The van der Waals surface area contributed by atoms with Crippen molar-refractivity contribution in [3.8, 4) is 5.75 Å². The molecule has 3 unspecified atom stereocenters. The van der Waals surface area contributed by atoms with Gasteiger partial charge < -0.3 is 10.1 Å². The van der Waals surface area contributed by atoms with Gasteiger partial charge >= 0.3 is 6.03 Å². The van der Waals surface area contributed by atoms with E-state index in [-0.39, 0.29) is 29.8 Å². The van der Waals surface area contributed by atoms with Crippen molar-refractivity contribution >= 4 is 11.9 Å². The Bertz CT molecular complexity index is 996. The first-order valence-electron chi connectivity index (χ1n) is 10.7. The van der Waals surface area contributed by atoms with E-state index in [4.69, 9.17) is 4.74 Å². The maximum atomic E-state index is 14.0. The quantitative estimate of drug-likeness (QED) is 0.719. The van der Waals surface area contributed by atoms with E-state index >= 15 is 0 Å². The number of carbonyl (C=O) groups is 2. The van der Waals surface area contributed by atoms with Crippen LogP contribution in [-0.2, 0) is 11.3 Å². The first-order chi connectivity index (χ1) is 14.8. The fourth-order valence-corrected chi connectivity index (χ4v) is 4.76. The van der Waals surface area contributed by atoms with Gasteiger partial charge in [-0.15, -0.1) is 0 Å². The van der Waals surface area contributed by atoms with E-state index in [1.165, 1.54) is 12.1 Å². The largest absolute Gasteiger partial charge is 0.491 e. The number of hydrogen-bond acceptors (Lipinski definition) is 4. The Labute approximate surface area is 181 Å². The molecule has 0 bridgehead atoms. The molecule has 2 saturated heterocycles. The summed E-state index contributed by atoms with van der Waals surface area (Å²) in [6.07, 6.45) is 0.527. The number of hydrogen-bond donors (Lipinski definition) is 2. The van der Waals surface area contributed by atoms with Crippen LogP contribution in [-0.4, -0.2) is 41.1 Å². The SMILES string of the molecule is CC(C)Oc1cccc(CN2CC(c3cccc(F)c3)C3(CC2C)NC(=O)NC3=O)c1. The van der Waals surface area contributed by atoms with E-state index in [0.717, 1.165) is 11.3 Å². The summed E-state index contributed by atoms with van der Waals surface area (Å²) in [6, 6.07) is 13.8. The molecule has 0 saturated carbocycles. The normalized spacial score (nSPS) is 26.2. The molecule has 7 heteroatoms. The monoisotopic (exact) mass is 425 g/mol. The Balaban J connectivity index is 1.64. The van der Waals surface area contributed by atoms with E-state index in [2.05, 4.69) is 22.5 Å². The van der Waals surface area contributed by atoms with Gasteiger partial charge in [-0.05, 0) is 62.6 Å². The molecule has 2 aliphatic heterocycles. The van der Waals surface area contributed by atoms with E-state index in [0.29, 0.717) is 25.1 Å². The summed E-state index contributed by atoms with van der Waals surface area (Å²) >= 11 is 0. The molecule has 0 aliphatic carbocycles. The van der Waals surface area contributed by atoms with Crippen molar-refractivity contribution < 1.29 is 18.7 Å². The van der Waals surface area contributed by atoms with E-state index < -0.39 is 11.6 Å². The van der Waals surface area contributed by atoms with Crippen LogP contribution in [0.2, 0.25) is 0 Å². The van der Waals surface area contributed by atoms with Crippen LogP contribution in [0.5, 0.6) is 5.75 Å². The van der Waals surface area contributed by atoms with Crippen molar-refractivity contribution in [1.29, 1.82) is 0 Å². The third-order valence-electron chi connectivity index (χ3n) is 6.13. The molecule has 164 valence electrons. The number of likely N-dealkylation sites (tertiary alicyclic amines) is 1. The Morgan fingerprint density at radius 3 is 2.65 bits per heavy atom. The lowest BCUT2D eigenvalue weighted by atomic mass is 9.71. The van der Waals surface area contributed by atoms with E-state index in [1.807, 2.05) is 44.2 Å². The van der Waals surface area contributed by atoms with Crippen molar-refractivity contribution in [2.24, 2.45) is 0 Å². The summed E-state index contributed by atoms with van der Waals surface area (Å²) in [7, 11) is 0. The summed E-state index contributed by atoms with van der Waals surface area (Å²) in [5.41, 5.74) is 0.716. The molecule has 3 atom stereocenters. The number of amides is 3.